The van der Waals surface area contributed by atoms with Crippen LogP contribution in [0.3, 0.4) is 0 Å². The van der Waals surface area contributed by atoms with E-state index in [0.29, 0.717) is 12.1 Å². The Morgan fingerprint density at radius 1 is 1.53 bits per heavy atom. The lowest BCUT2D eigenvalue weighted by molar-refractivity contribution is -0.125. The Hall–Kier alpha value is -0.870. The Morgan fingerprint density at radius 2 is 2.37 bits per heavy atom. The highest BCUT2D eigenvalue weighted by atomic mass is 32.1. The van der Waals surface area contributed by atoms with Gasteiger partial charge in [0.1, 0.15) is 0 Å². The molecule has 2 aliphatic rings. The van der Waals surface area contributed by atoms with Crippen LogP contribution in [0.15, 0.2) is 17.5 Å². The highest BCUT2D eigenvalue weighted by molar-refractivity contribution is 7.10. The molecule has 19 heavy (non-hydrogen) atoms. The first-order valence-electron chi connectivity index (χ1n) is 7.14. The summed E-state index contributed by atoms with van der Waals surface area (Å²) < 4.78 is 0. The standard InChI is InChI=1S/C15H22N2OS/c1-15(2,13-4-3-7-19-13)9-16-14(18)11-8-10-5-6-12(11)17-10/h3-4,7,10-12,17H,5-6,8-9H2,1-2H3,(H,16,18). The third kappa shape index (κ3) is 2.56. The van der Waals surface area contributed by atoms with Gasteiger partial charge in [0.05, 0.1) is 5.92 Å². The van der Waals surface area contributed by atoms with Crippen molar-refractivity contribution in [2.75, 3.05) is 6.54 Å². The van der Waals surface area contributed by atoms with Crippen molar-refractivity contribution >= 4 is 17.2 Å². The smallest absolute Gasteiger partial charge is 0.224 e. The van der Waals surface area contributed by atoms with Crippen LogP contribution in [-0.2, 0) is 10.2 Å². The zero-order valence-electron chi connectivity index (χ0n) is 11.6. The number of nitrogens with one attached hydrogen (secondary N) is 2. The van der Waals surface area contributed by atoms with Crippen molar-refractivity contribution in [3.05, 3.63) is 22.4 Å². The van der Waals surface area contributed by atoms with Crippen LogP contribution in [0, 0.1) is 5.92 Å². The first-order valence-corrected chi connectivity index (χ1v) is 8.02. The fourth-order valence-corrected chi connectivity index (χ4v) is 4.16. The molecule has 2 fully saturated rings. The molecule has 3 heterocycles. The number of fused-ring (bicyclic) bond motifs is 2. The third-order valence-corrected chi connectivity index (χ3v) is 5.77. The molecule has 3 nitrogen and oxygen atoms in total. The lowest BCUT2D eigenvalue weighted by Gasteiger charge is -2.26. The summed E-state index contributed by atoms with van der Waals surface area (Å²) in [5.41, 5.74) is 0.0227. The van der Waals surface area contributed by atoms with Crippen LogP contribution in [0.2, 0.25) is 0 Å². The number of thiophene rings is 1. The normalized spacial score (nSPS) is 29.7. The van der Waals surface area contributed by atoms with Crippen LogP contribution in [0.4, 0.5) is 0 Å². The van der Waals surface area contributed by atoms with E-state index in [2.05, 4.69) is 42.0 Å². The lowest BCUT2D eigenvalue weighted by atomic mass is 9.87. The summed E-state index contributed by atoms with van der Waals surface area (Å²) in [6, 6.07) is 5.24. The predicted molar refractivity (Wildman–Crippen MR) is 78.4 cm³/mol. The second-order valence-electron chi connectivity index (χ2n) is 6.47. The molecule has 4 heteroatoms. The maximum absolute atomic E-state index is 12.3. The number of carbonyl (C=O) groups excluding carboxylic acids is 1. The average molecular weight is 278 g/mol. The average Bonchev–Trinajstić information content (AvgIpc) is 3.10. The van der Waals surface area contributed by atoms with Gasteiger partial charge in [-0.2, -0.15) is 0 Å². The fourth-order valence-electron chi connectivity index (χ4n) is 3.30. The van der Waals surface area contributed by atoms with Gasteiger partial charge in [0.25, 0.3) is 0 Å². The predicted octanol–water partition coefficient (Wildman–Crippen LogP) is 2.28. The topological polar surface area (TPSA) is 41.1 Å². The van der Waals surface area contributed by atoms with Crippen molar-refractivity contribution in [1.82, 2.24) is 10.6 Å². The van der Waals surface area contributed by atoms with E-state index in [4.69, 9.17) is 0 Å². The van der Waals surface area contributed by atoms with Gasteiger partial charge in [0.2, 0.25) is 5.91 Å². The van der Waals surface area contributed by atoms with E-state index >= 15 is 0 Å². The maximum atomic E-state index is 12.3. The second-order valence-corrected chi connectivity index (χ2v) is 7.42. The number of carbonyl (C=O) groups is 1. The largest absolute Gasteiger partial charge is 0.355 e. The molecule has 2 saturated heterocycles. The quantitative estimate of drug-likeness (QED) is 0.887. The summed E-state index contributed by atoms with van der Waals surface area (Å²) in [7, 11) is 0. The monoisotopic (exact) mass is 278 g/mol. The Bertz CT molecular complexity index is 455. The maximum Gasteiger partial charge on any atom is 0.224 e. The number of hydrogen-bond donors (Lipinski definition) is 2. The van der Waals surface area contributed by atoms with Crippen molar-refractivity contribution < 1.29 is 4.79 Å². The van der Waals surface area contributed by atoms with Gasteiger partial charge in [-0.3, -0.25) is 4.79 Å². The summed E-state index contributed by atoms with van der Waals surface area (Å²) in [6.07, 6.45) is 3.43. The minimum absolute atomic E-state index is 0.0227. The van der Waals surface area contributed by atoms with Crippen molar-refractivity contribution in [2.24, 2.45) is 5.92 Å². The minimum Gasteiger partial charge on any atom is -0.355 e. The zero-order chi connectivity index (χ0) is 13.5. The summed E-state index contributed by atoms with van der Waals surface area (Å²) in [6.45, 7) is 5.11. The summed E-state index contributed by atoms with van der Waals surface area (Å²) in [5.74, 6) is 0.433. The van der Waals surface area contributed by atoms with Gasteiger partial charge in [-0.05, 0) is 30.7 Å². The Kier molecular flexibility index (Phi) is 3.39. The molecule has 1 amide bonds. The van der Waals surface area contributed by atoms with Crippen LogP contribution in [0.25, 0.3) is 0 Å². The first kappa shape index (κ1) is 13.1. The third-order valence-electron chi connectivity index (χ3n) is 4.53. The Labute approximate surface area is 118 Å². The second kappa shape index (κ2) is 4.91. The van der Waals surface area contributed by atoms with E-state index in [0.717, 1.165) is 19.4 Å². The number of amides is 1. The van der Waals surface area contributed by atoms with Gasteiger partial charge in [-0.25, -0.2) is 0 Å². The summed E-state index contributed by atoms with van der Waals surface area (Å²) >= 11 is 1.76. The Balaban J connectivity index is 1.56. The summed E-state index contributed by atoms with van der Waals surface area (Å²) in [5, 5.41) is 8.79. The molecule has 0 radical (unpaired) electrons. The molecule has 2 bridgehead atoms. The van der Waals surface area contributed by atoms with E-state index in [1.807, 2.05) is 0 Å². The molecule has 0 spiro atoms. The molecule has 2 N–H and O–H groups in total. The van der Waals surface area contributed by atoms with Gasteiger partial charge in [-0.15, -0.1) is 11.3 Å². The molecular weight excluding hydrogens is 256 g/mol. The lowest BCUT2D eigenvalue weighted by Crippen LogP contribution is -2.42. The van der Waals surface area contributed by atoms with E-state index in [-0.39, 0.29) is 17.2 Å². The Morgan fingerprint density at radius 3 is 2.95 bits per heavy atom. The molecule has 0 saturated carbocycles. The molecule has 0 aliphatic carbocycles. The number of hydrogen-bond acceptors (Lipinski definition) is 3. The molecule has 3 unspecified atom stereocenters. The fraction of sp³-hybridized carbons (Fsp3) is 0.667. The van der Waals surface area contributed by atoms with Gasteiger partial charge in [0.15, 0.2) is 0 Å². The van der Waals surface area contributed by atoms with Crippen LogP contribution < -0.4 is 10.6 Å². The molecule has 1 aromatic rings. The molecule has 104 valence electrons. The molecule has 3 rings (SSSR count). The van der Waals surface area contributed by atoms with Crippen LogP contribution >= 0.6 is 11.3 Å². The van der Waals surface area contributed by atoms with Crippen molar-refractivity contribution in [2.45, 2.75) is 50.6 Å². The van der Waals surface area contributed by atoms with Gasteiger partial charge < -0.3 is 10.6 Å². The van der Waals surface area contributed by atoms with Crippen LogP contribution in [0.5, 0.6) is 0 Å². The van der Waals surface area contributed by atoms with Gasteiger partial charge in [-0.1, -0.05) is 19.9 Å². The van der Waals surface area contributed by atoms with Gasteiger partial charge >= 0.3 is 0 Å². The van der Waals surface area contributed by atoms with E-state index in [1.165, 1.54) is 11.3 Å². The van der Waals surface area contributed by atoms with Crippen LogP contribution in [-0.4, -0.2) is 24.5 Å². The number of rotatable bonds is 4. The minimum atomic E-state index is 0.0227. The summed E-state index contributed by atoms with van der Waals surface area (Å²) in [4.78, 5) is 13.6. The highest BCUT2D eigenvalue weighted by Gasteiger charge is 2.42. The van der Waals surface area contributed by atoms with Crippen molar-refractivity contribution in [3.8, 4) is 0 Å². The highest BCUT2D eigenvalue weighted by Crippen LogP contribution is 2.33. The molecule has 3 atom stereocenters. The van der Waals surface area contributed by atoms with Crippen molar-refractivity contribution in [3.63, 3.8) is 0 Å². The van der Waals surface area contributed by atoms with E-state index < -0.39 is 0 Å². The zero-order valence-corrected chi connectivity index (χ0v) is 12.4. The molecular formula is C15H22N2OS. The van der Waals surface area contributed by atoms with E-state index in [1.54, 1.807) is 11.3 Å². The molecule has 1 aromatic heterocycles. The SMILES string of the molecule is CC(C)(CNC(=O)C1CC2CCC1N2)c1cccs1. The van der Waals surface area contributed by atoms with Crippen LogP contribution in [0.1, 0.15) is 38.0 Å². The van der Waals surface area contributed by atoms with Gasteiger partial charge in [0, 0.05) is 28.9 Å². The van der Waals surface area contributed by atoms with Crippen molar-refractivity contribution in [1.29, 1.82) is 0 Å². The molecule has 2 aliphatic heterocycles. The molecule has 0 aromatic carbocycles. The first-order chi connectivity index (χ1) is 9.06. The van der Waals surface area contributed by atoms with E-state index in [9.17, 15) is 4.79 Å².